The summed E-state index contributed by atoms with van der Waals surface area (Å²) in [5, 5.41) is 3.32. The van der Waals surface area contributed by atoms with E-state index >= 15 is 0 Å². The first-order valence-corrected chi connectivity index (χ1v) is 4.35. The van der Waals surface area contributed by atoms with E-state index in [2.05, 4.69) is 20.1 Å². The van der Waals surface area contributed by atoms with Crippen molar-refractivity contribution < 1.29 is 0 Å². The van der Waals surface area contributed by atoms with Crippen LogP contribution in [0.2, 0.25) is 0 Å². The fraction of sp³-hybridized carbons (Fsp3) is 0.875. The summed E-state index contributed by atoms with van der Waals surface area (Å²) < 4.78 is 0. The Bertz CT molecular complexity index is 158. The lowest BCUT2D eigenvalue weighted by atomic mass is 10.4. The summed E-state index contributed by atoms with van der Waals surface area (Å²) in [5.74, 6) is 1.08. The van der Waals surface area contributed by atoms with Gasteiger partial charge >= 0.3 is 0 Å². The molecule has 70 valence electrons. The van der Waals surface area contributed by atoms with Gasteiger partial charge in [-0.1, -0.05) is 0 Å². The van der Waals surface area contributed by atoms with E-state index in [9.17, 15) is 0 Å². The number of nitrogens with one attached hydrogen (secondary N) is 1. The molecular weight excluding hydrogens is 152 g/mol. The van der Waals surface area contributed by atoms with Gasteiger partial charge in [-0.25, -0.2) is 0 Å². The van der Waals surface area contributed by atoms with Crippen molar-refractivity contribution in [1.29, 1.82) is 0 Å². The molecule has 0 aromatic rings. The van der Waals surface area contributed by atoms with E-state index in [1.807, 2.05) is 21.1 Å². The molecule has 1 aliphatic rings. The highest BCUT2D eigenvalue weighted by atomic mass is 15.4. The molecule has 0 aliphatic carbocycles. The Kier molecular flexibility index (Phi) is 3.34. The summed E-state index contributed by atoms with van der Waals surface area (Å²) in [4.78, 5) is 8.61. The highest BCUT2D eigenvalue weighted by Crippen LogP contribution is 1.96. The lowest BCUT2D eigenvalue weighted by molar-refractivity contribution is 0.321. The van der Waals surface area contributed by atoms with E-state index in [0.717, 1.165) is 32.1 Å². The zero-order chi connectivity index (χ0) is 8.97. The van der Waals surface area contributed by atoms with Crippen LogP contribution in [-0.4, -0.2) is 63.1 Å². The lowest BCUT2D eigenvalue weighted by Gasteiger charge is -2.33. The molecule has 0 atom stereocenters. The average molecular weight is 170 g/mol. The summed E-state index contributed by atoms with van der Waals surface area (Å²) in [6, 6.07) is 0. The van der Waals surface area contributed by atoms with Crippen molar-refractivity contribution in [2.45, 2.75) is 0 Å². The van der Waals surface area contributed by atoms with Crippen molar-refractivity contribution in [3.63, 3.8) is 0 Å². The Labute approximate surface area is 74.3 Å². The second-order valence-electron chi connectivity index (χ2n) is 3.16. The molecule has 12 heavy (non-hydrogen) atoms. The van der Waals surface area contributed by atoms with Crippen molar-refractivity contribution >= 4 is 5.96 Å². The SMILES string of the molecule is CN=C(N(C)C)N1CCNCC1. The summed E-state index contributed by atoms with van der Waals surface area (Å²) >= 11 is 0. The van der Waals surface area contributed by atoms with Crippen LogP contribution in [0.4, 0.5) is 0 Å². The molecule has 4 heteroatoms. The second-order valence-corrected chi connectivity index (χ2v) is 3.16. The third-order valence-corrected chi connectivity index (χ3v) is 2.00. The van der Waals surface area contributed by atoms with E-state index in [1.165, 1.54) is 0 Å². The summed E-state index contributed by atoms with van der Waals surface area (Å²) in [6.45, 7) is 4.25. The highest BCUT2D eigenvalue weighted by Gasteiger charge is 2.14. The molecule has 0 aromatic carbocycles. The molecule has 1 heterocycles. The molecule has 1 N–H and O–H groups in total. The van der Waals surface area contributed by atoms with Gasteiger partial charge in [-0.15, -0.1) is 0 Å². The van der Waals surface area contributed by atoms with Crippen molar-refractivity contribution in [3.8, 4) is 0 Å². The molecular formula is C8H18N4. The van der Waals surface area contributed by atoms with Gasteiger partial charge in [-0.2, -0.15) is 0 Å². The van der Waals surface area contributed by atoms with Gasteiger partial charge in [0.2, 0.25) is 0 Å². The fourth-order valence-electron chi connectivity index (χ4n) is 1.49. The van der Waals surface area contributed by atoms with Gasteiger partial charge in [0.15, 0.2) is 5.96 Å². The van der Waals surface area contributed by atoms with Crippen molar-refractivity contribution in [1.82, 2.24) is 15.1 Å². The molecule has 0 aromatic heterocycles. The first kappa shape index (κ1) is 9.32. The number of piperazine rings is 1. The zero-order valence-electron chi connectivity index (χ0n) is 8.17. The quantitative estimate of drug-likeness (QED) is 0.390. The van der Waals surface area contributed by atoms with Crippen LogP contribution in [0.3, 0.4) is 0 Å². The van der Waals surface area contributed by atoms with E-state index in [0.29, 0.717) is 0 Å². The van der Waals surface area contributed by atoms with Gasteiger partial charge in [-0.3, -0.25) is 4.99 Å². The third-order valence-electron chi connectivity index (χ3n) is 2.00. The molecule has 0 radical (unpaired) electrons. The Morgan fingerprint density at radius 1 is 1.33 bits per heavy atom. The Morgan fingerprint density at radius 2 is 1.92 bits per heavy atom. The van der Waals surface area contributed by atoms with Gasteiger partial charge in [0, 0.05) is 47.3 Å². The standard InChI is InChI=1S/C8H18N4/c1-9-8(11(2)3)12-6-4-10-5-7-12/h10H,4-7H2,1-3H3. The molecule has 0 saturated carbocycles. The Hall–Kier alpha value is -0.770. The predicted molar refractivity (Wildman–Crippen MR) is 51.5 cm³/mol. The molecule has 4 nitrogen and oxygen atoms in total. The van der Waals surface area contributed by atoms with E-state index in [4.69, 9.17) is 0 Å². The Morgan fingerprint density at radius 3 is 2.33 bits per heavy atom. The largest absolute Gasteiger partial charge is 0.349 e. The molecule has 1 fully saturated rings. The predicted octanol–water partition coefficient (Wildman–Crippen LogP) is -0.561. The number of aliphatic imine (C=N–C) groups is 1. The first-order valence-electron chi connectivity index (χ1n) is 4.35. The molecule has 1 rings (SSSR count). The van der Waals surface area contributed by atoms with Crippen LogP contribution in [0.5, 0.6) is 0 Å². The van der Waals surface area contributed by atoms with Gasteiger partial charge in [0.05, 0.1) is 0 Å². The van der Waals surface area contributed by atoms with E-state index in [1.54, 1.807) is 0 Å². The summed E-state index contributed by atoms with van der Waals surface area (Å²) in [7, 11) is 5.91. The van der Waals surface area contributed by atoms with E-state index in [-0.39, 0.29) is 0 Å². The Balaban J connectivity index is 2.53. The highest BCUT2D eigenvalue weighted by molar-refractivity contribution is 5.79. The van der Waals surface area contributed by atoms with E-state index < -0.39 is 0 Å². The molecule has 0 spiro atoms. The van der Waals surface area contributed by atoms with Crippen molar-refractivity contribution in [2.24, 2.45) is 4.99 Å². The minimum Gasteiger partial charge on any atom is -0.349 e. The van der Waals surface area contributed by atoms with Crippen molar-refractivity contribution in [2.75, 3.05) is 47.3 Å². The minimum atomic E-state index is 1.06. The van der Waals surface area contributed by atoms with Crippen LogP contribution >= 0.6 is 0 Å². The number of guanidine groups is 1. The monoisotopic (exact) mass is 170 g/mol. The maximum Gasteiger partial charge on any atom is 0.195 e. The zero-order valence-corrected chi connectivity index (χ0v) is 8.17. The normalized spacial score (nSPS) is 19.6. The molecule has 1 aliphatic heterocycles. The number of rotatable bonds is 0. The van der Waals surface area contributed by atoms with Gasteiger partial charge in [-0.05, 0) is 0 Å². The van der Waals surface area contributed by atoms with Crippen LogP contribution in [0.15, 0.2) is 4.99 Å². The van der Waals surface area contributed by atoms with Crippen LogP contribution < -0.4 is 5.32 Å². The molecule has 0 bridgehead atoms. The lowest BCUT2D eigenvalue weighted by Crippen LogP contribution is -2.50. The van der Waals surface area contributed by atoms with Gasteiger partial charge in [0.25, 0.3) is 0 Å². The average Bonchev–Trinajstić information content (AvgIpc) is 2.07. The number of hydrogen-bond donors (Lipinski definition) is 1. The van der Waals surface area contributed by atoms with Crippen LogP contribution in [0.25, 0.3) is 0 Å². The molecule has 1 saturated heterocycles. The van der Waals surface area contributed by atoms with Gasteiger partial charge < -0.3 is 15.1 Å². The smallest absolute Gasteiger partial charge is 0.195 e. The van der Waals surface area contributed by atoms with Crippen LogP contribution in [0, 0.1) is 0 Å². The van der Waals surface area contributed by atoms with Gasteiger partial charge in [0.1, 0.15) is 0 Å². The molecule has 0 unspecified atom stereocenters. The fourth-order valence-corrected chi connectivity index (χ4v) is 1.49. The number of nitrogens with zero attached hydrogens (tertiary/aromatic N) is 3. The minimum absolute atomic E-state index is 1.06. The number of hydrogen-bond acceptors (Lipinski definition) is 2. The second kappa shape index (κ2) is 4.30. The van der Waals surface area contributed by atoms with Crippen LogP contribution in [0.1, 0.15) is 0 Å². The maximum absolute atomic E-state index is 4.25. The third kappa shape index (κ3) is 2.11. The maximum atomic E-state index is 4.25. The van der Waals surface area contributed by atoms with Crippen molar-refractivity contribution in [3.05, 3.63) is 0 Å². The molecule has 0 amide bonds. The topological polar surface area (TPSA) is 30.9 Å². The first-order chi connectivity index (χ1) is 5.75. The summed E-state index contributed by atoms with van der Waals surface area (Å²) in [6.07, 6.45) is 0. The summed E-state index contributed by atoms with van der Waals surface area (Å²) in [5.41, 5.74) is 0. The van der Waals surface area contributed by atoms with Crippen LogP contribution in [-0.2, 0) is 0 Å².